The van der Waals surface area contributed by atoms with Crippen LogP contribution < -0.4 is 0 Å². The van der Waals surface area contributed by atoms with Gasteiger partial charge in [-0.3, -0.25) is 0 Å². The minimum absolute atomic E-state index is 0.849. The largest absolute Gasteiger partial charge is 0.455 e. The van der Waals surface area contributed by atoms with Crippen molar-refractivity contribution in [1.29, 1.82) is 0 Å². The number of benzene rings is 7. The number of hydrogen-bond donors (Lipinski definition) is 0. The third-order valence-corrected chi connectivity index (χ3v) is 8.47. The maximum Gasteiger partial charge on any atom is 0.147 e. The molecule has 0 bridgehead atoms. The molecular weight excluding hydrogens is 512 g/mol. The molecule has 0 aliphatic rings. The zero-order chi connectivity index (χ0) is 27.6. The van der Waals surface area contributed by atoms with Crippen molar-refractivity contribution in [2.75, 3.05) is 0 Å². The first-order valence-corrected chi connectivity index (χ1v) is 14.3. The smallest absolute Gasteiger partial charge is 0.147 e. The van der Waals surface area contributed by atoms with Gasteiger partial charge < -0.3 is 8.83 Å². The minimum Gasteiger partial charge on any atom is -0.455 e. The molecule has 0 saturated carbocycles. The highest BCUT2D eigenvalue weighted by atomic mass is 16.3. The molecule has 0 spiro atoms. The van der Waals surface area contributed by atoms with Crippen LogP contribution in [-0.2, 0) is 0 Å². The van der Waals surface area contributed by atoms with Crippen molar-refractivity contribution in [1.82, 2.24) is 0 Å². The third-order valence-electron chi connectivity index (χ3n) is 8.47. The molecule has 9 rings (SSSR count). The van der Waals surface area contributed by atoms with Crippen molar-refractivity contribution in [3.05, 3.63) is 146 Å². The van der Waals surface area contributed by atoms with E-state index < -0.39 is 0 Å². The fourth-order valence-electron chi connectivity index (χ4n) is 6.45. The highest BCUT2D eigenvalue weighted by molar-refractivity contribution is 6.26. The summed E-state index contributed by atoms with van der Waals surface area (Å²) in [6.45, 7) is 0. The summed E-state index contributed by atoms with van der Waals surface area (Å²) in [5.41, 5.74) is 10.3. The minimum atomic E-state index is 0.849. The van der Waals surface area contributed by atoms with Crippen LogP contribution in [0.15, 0.2) is 154 Å². The second-order valence-electron chi connectivity index (χ2n) is 10.9. The van der Waals surface area contributed by atoms with E-state index in [0.29, 0.717) is 0 Å². The lowest BCUT2D eigenvalue weighted by Crippen LogP contribution is -1.83. The summed E-state index contributed by atoms with van der Waals surface area (Å²) in [6, 6.07) is 51.3. The van der Waals surface area contributed by atoms with Gasteiger partial charge in [-0.1, -0.05) is 115 Å². The van der Waals surface area contributed by atoms with Crippen molar-refractivity contribution >= 4 is 54.6 Å². The summed E-state index contributed by atoms with van der Waals surface area (Å²) in [7, 11) is 0. The van der Waals surface area contributed by atoms with Gasteiger partial charge in [0.2, 0.25) is 0 Å². The molecule has 2 heteroatoms. The molecule has 196 valence electrons. The average Bonchev–Trinajstić information content (AvgIpc) is 3.62. The van der Waals surface area contributed by atoms with Gasteiger partial charge in [-0.25, -0.2) is 0 Å². The van der Waals surface area contributed by atoms with Crippen molar-refractivity contribution < 1.29 is 8.83 Å². The van der Waals surface area contributed by atoms with Crippen LogP contribution in [0.3, 0.4) is 0 Å². The molecule has 0 N–H and O–H groups in total. The summed E-state index contributed by atoms with van der Waals surface area (Å²) in [6.07, 6.45) is 0. The lowest BCUT2D eigenvalue weighted by atomic mass is 9.94. The van der Waals surface area contributed by atoms with Crippen LogP contribution in [0.5, 0.6) is 0 Å². The maximum absolute atomic E-state index is 6.71. The molecule has 2 heterocycles. The molecule has 9 aromatic rings. The zero-order valence-electron chi connectivity index (χ0n) is 22.7. The maximum atomic E-state index is 6.71. The van der Waals surface area contributed by atoms with Gasteiger partial charge in [0.1, 0.15) is 22.3 Å². The van der Waals surface area contributed by atoms with E-state index in [0.717, 1.165) is 60.6 Å². The molecule has 0 saturated heterocycles. The Kier molecular flexibility index (Phi) is 4.93. The van der Waals surface area contributed by atoms with Crippen molar-refractivity contribution in [2.45, 2.75) is 0 Å². The molecule has 42 heavy (non-hydrogen) atoms. The van der Waals surface area contributed by atoms with Crippen molar-refractivity contribution in [3.63, 3.8) is 0 Å². The Morgan fingerprint density at radius 1 is 0.333 bits per heavy atom. The van der Waals surface area contributed by atoms with Gasteiger partial charge in [0, 0.05) is 21.7 Å². The number of rotatable bonds is 3. The van der Waals surface area contributed by atoms with E-state index in [2.05, 4.69) is 140 Å². The Bertz CT molecular complexity index is 2440. The van der Waals surface area contributed by atoms with E-state index >= 15 is 0 Å². The van der Waals surface area contributed by atoms with Gasteiger partial charge in [0.25, 0.3) is 0 Å². The molecule has 0 aliphatic heterocycles. The molecule has 0 aliphatic carbocycles. The third kappa shape index (κ3) is 3.45. The second kappa shape index (κ2) is 8.95. The first-order chi connectivity index (χ1) is 20.8. The highest BCUT2D eigenvalue weighted by Gasteiger charge is 2.22. The zero-order valence-corrected chi connectivity index (χ0v) is 22.7. The predicted molar refractivity (Wildman–Crippen MR) is 175 cm³/mol. The van der Waals surface area contributed by atoms with Crippen molar-refractivity contribution in [3.8, 4) is 33.4 Å². The van der Waals surface area contributed by atoms with Gasteiger partial charge in [-0.05, 0) is 68.9 Å². The SMILES string of the molecule is c1ccc(-c2ccc3oc4c(cc(-c5cccc6ccccc56)c5oc6ccc(-c7ccccc7)cc6c54)c3c2)cc1. The molecule has 0 fully saturated rings. The number of furan rings is 2. The summed E-state index contributed by atoms with van der Waals surface area (Å²) >= 11 is 0. The monoisotopic (exact) mass is 536 g/mol. The Morgan fingerprint density at radius 3 is 1.67 bits per heavy atom. The molecule has 7 aromatic carbocycles. The summed E-state index contributed by atoms with van der Waals surface area (Å²) in [5, 5.41) is 6.66. The summed E-state index contributed by atoms with van der Waals surface area (Å²) in [5.74, 6) is 0. The van der Waals surface area contributed by atoms with Gasteiger partial charge in [-0.2, -0.15) is 0 Å². The van der Waals surface area contributed by atoms with E-state index in [1.54, 1.807) is 0 Å². The van der Waals surface area contributed by atoms with Gasteiger partial charge in [0.05, 0.1) is 5.39 Å². The van der Waals surface area contributed by atoms with E-state index in [1.165, 1.54) is 27.5 Å². The highest BCUT2D eigenvalue weighted by Crippen LogP contribution is 2.46. The van der Waals surface area contributed by atoms with Crippen LogP contribution in [0.25, 0.3) is 88.0 Å². The Labute approximate surface area is 242 Å². The predicted octanol–water partition coefficient (Wildman–Crippen LogP) is 11.6. The van der Waals surface area contributed by atoms with Gasteiger partial charge in [0.15, 0.2) is 0 Å². The fourth-order valence-corrected chi connectivity index (χ4v) is 6.45. The molecule has 0 radical (unpaired) electrons. The summed E-state index contributed by atoms with van der Waals surface area (Å²) < 4.78 is 13.4. The molecular formula is C40H24O2. The quantitative estimate of drug-likeness (QED) is 0.224. The molecule has 0 unspecified atom stereocenters. The first kappa shape index (κ1) is 23.1. The first-order valence-electron chi connectivity index (χ1n) is 14.3. The lowest BCUT2D eigenvalue weighted by Gasteiger charge is -2.08. The van der Waals surface area contributed by atoms with Gasteiger partial charge in [-0.15, -0.1) is 0 Å². The average molecular weight is 537 g/mol. The molecule has 0 atom stereocenters. The van der Waals surface area contributed by atoms with Crippen LogP contribution >= 0.6 is 0 Å². The topological polar surface area (TPSA) is 26.3 Å². The number of hydrogen-bond acceptors (Lipinski definition) is 2. The fraction of sp³-hybridized carbons (Fsp3) is 0. The van der Waals surface area contributed by atoms with Gasteiger partial charge >= 0.3 is 0 Å². The van der Waals surface area contributed by atoms with Crippen molar-refractivity contribution in [2.24, 2.45) is 0 Å². The van der Waals surface area contributed by atoms with Crippen LogP contribution in [0.1, 0.15) is 0 Å². The number of fused-ring (bicyclic) bond motifs is 8. The van der Waals surface area contributed by atoms with Crippen LogP contribution in [-0.4, -0.2) is 0 Å². The standard InChI is InChI=1S/C40H24O2/c1-3-10-25(11-4-1)28-18-20-36-32(22-28)34-24-33(31-17-9-15-27-14-7-8-16-30(27)31)39-38(40(34)41-36)35-23-29(19-21-37(35)42-39)26-12-5-2-6-13-26/h1-24H. The Morgan fingerprint density at radius 2 is 0.929 bits per heavy atom. The molecule has 2 nitrogen and oxygen atoms in total. The van der Waals surface area contributed by atoms with E-state index in [9.17, 15) is 0 Å². The summed E-state index contributed by atoms with van der Waals surface area (Å²) in [4.78, 5) is 0. The van der Waals surface area contributed by atoms with Crippen LogP contribution in [0, 0.1) is 0 Å². The van der Waals surface area contributed by atoms with E-state index in [1.807, 2.05) is 6.07 Å². The van der Waals surface area contributed by atoms with E-state index in [-0.39, 0.29) is 0 Å². The van der Waals surface area contributed by atoms with Crippen LogP contribution in [0.4, 0.5) is 0 Å². The lowest BCUT2D eigenvalue weighted by molar-refractivity contribution is 0.663. The van der Waals surface area contributed by atoms with E-state index in [4.69, 9.17) is 8.83 Å². The second-order valence-corrected chi connectivity index (χ2v) is 10.9. The Hall–Kier alpha value is -5.60. The molecule has 2 aromatic heterocycles. The van der Waals surface area contributed by atoms with Crippen LogP contribution in [0.2, 0.25) is 0 Å². The Balaban J connectivity index is 1.43. The normalized spacial score (nSPS) is 11.8. The molecule has 0 amide bonds.